The van der Waals surface area contributed by atoms with Gasteiger partial charge in [-0.1, -0.05) is 78.4 Å². The Labute approximate surface area is 225 Å². The average molecular weight is 518 g/mol. The van der Waals surface area contributed by atoms with E-state index < -0.39 is 5.79 Å². The van der Waals surface area contributed by atoms with Crippen LogP contribution in [0.4, 0.5) is 4.39 Å². The topological polar surface area (TPSA) is 21.7 Å². The third kappa shape index (κ3) is 5.30. The van der Waals surface area contributed by atoms with Crippen LogP contribution in [0.2, 0.25) is 0 Å². The van der Waals surface area contributed by atoms with Gasteiger partial charge in [-0.25, -0.2) is 4.39 Å². The second kappa shape index (κ2) is 11.3. The van der Waals surface area contributed by atoms with Crippen molar-refractivity contribution in [3.63, 3.8) is 0 Å². The molecule has 0 amide bonds. The summed E-state index contributed by atoms with van der Waals surface area (Å²) < 4.78 is 25.6. The first-order chi connectivity index (χ1) is 17.7. The van der Waals surface area contributed by atoms with Gasteiger partial charge in [-0.2, -0.15) is 0 Å². The van der Waals surface area contributed by atoms with E-state index in [1.54, 1.807) is 17.7 Å². The lowest BCUT2D eigenvalue weighted by Crippen LogP contribution is -2.34. The van der Waals surface area contributed by atoms with Crippen LogP contribution in [0.25, 0.3) is 17.7 Å². The summed E-state index contributed by atoms with van der Waals surface area (Å²) in [5.74, 6) is -0.975. The van der Waals surface area contributed by atoms with Crippen molar-refractivity contribution < 1.29 is 13.9 Å². The molecular formula is C32H33ClFNO2. The molecule has 5 heteroatoms. The Morgan fingerprint density at radius 3 is 1.92 bits per heavy atom. The molecule has 3 aliphatic rings. The summed E-state index contributed by atoms with van der Waals surface area (Å²) in [6.07, 6.45) is 8.40. The number of hydrogen-bond acceptors (Lipinski definition) is 3. The van der Waals surface area contributed by atoms with Crippen LogP contribution in [0.1, 0.15) is 53.5 Å². The number of benzene rings is 3. The van der Waals surface area contributed by atoms with Crippen molar-refractivity contribution in [2.24, 2.45) is 0 Å². The van der Waals surface area contributed by atoms with E-state index in [4.69, 9.17) is 9.47 Å². The van der Waals surface area contributed by atoms with Gasteiger partial charge in [0.25, 0.3) is 0 Å². The van der Waals surface area contributed by atoms with Crippen molar-refractivity contribution in [1.29, 1.82) is 0 Å². The van der Waals surface area contributed by atoms with Gasteiger partial charge in [0.05, 0.1) is 13.2 Å². The molecule has 3 nitrogen and oxygen atoms in total. The molecule has 0 spiro atoms. The number of rotatable bonds is 5. The smallest absolute Gasteiger partial charge is 0.195 e. The molecule has 0 unspecified atom stereocenters. The minimum atomic E-state index is -0.739. The van der Waals surface area contributed by atoms with E-state index >= 15 is 0 Å². The average Bonchev–Trinajstić information content (AvgIpc) is 3.33. The first-order valence-corrected chi connectivity index (χ1v) is 13.1. The molecule has 0 atom stereocenters. The van der Waals surface area contributed by atoms with E-state index in [1.165, 1.54) is 40.0 Å². The number of likely N-dealkylation sites (tertiary alicyclic amines) is 1. The summed E-state index contributed by atoms with van der Waals surface area (Å²) in [5.41, 5.74) is 9.17. The van der Waals surface area contributed by atoms with Crippen molar-refractivity contribution in [3.8, 4) is 0 Å². The summed E-state index contributed by atoms with van der Waals surface area (Å²) in [7, 11) is 0. The first-order valence-electron chi connectivity index (χ1n) is 13.1. The van der Waals surface area contributed by atoms with Gasteiger partial charge >= 0.3 is 0 Å². The number of nitrogens with zero attached hydrogens (tertiary/aromatic N) is 1. The number of halogens is 2. The van der Waals surface area contributed by atoms with Gasteiger partial charge in [-0.05, 0) is 65.8 Å². The second-order valence-electron chi connectivity index (χ2n) is 9.89. The molecule has 0 aromatic heterocycles. The first kappa shape index (κ1) is 25.9. The third-order valence-electron chi connectivity index (χ3n) is 7.73. The molecule has 0 N–H and O–H groups in total. The van der Waals surface area contributed by atoms with Crippen LogP contribution in [-0.4, -0.2) is 37.7 Å². The molecule has 3 aromatic carbocycles. The van der Waals surface area contributed by atoms with Gasteiger partial charge in [0.1, 0.15) is 5.82 Å². The summed E-state index contributed by atoms with van der Waals surface area (Å²) in [6, 6.07) is 24.1. The minimum absolute atomic E-state index is 0. The maximum atomic E-state index is 13.5. The van der Waals surface area contributed by atoms with Crippen molar-refractivity contribution in [2.75, 3.05) is 32.8 Å². The Bertz CT molecular complexity index is 1230. The molecule has 2 heterocycles. The number of fused-ring (bicyclic) bond motifs is 2. The van der Waals surface area contributed by atoms with E-state index in [0.717, 1.165) is 50.9 Å². The van der Waals surface area contributed by atoms with Gasteiger partial charge in [0.15, 0.2) is 5.79 Å². The number of piperidine rings is 1. The highest BCUT2D eigenvalue weighted by atomic mass is 35.5. The summed E-state index contributed by atoms with van der Waals surface area (Å²) in [4.78, 5) is 2.56. The fraction of sp³-hybridized carbons (Fsp3) is 0.312. The summed E-state index contributed by atoms with van der Waals surface area (Å²) in [5, 5.41) is 0. The van der Waals surface area contributed by atoms with Gasteiger partial charge in [-0.15, -0.1) is 12.4 Å². The molecule has 3 aromatic rings. The van der Waals surface area contributed by atoms with Gasteiger partial charge < -0.3 is 14.4 Å². The van der Waals surface area contributed by atoms with Crippen LogP contribution in [-0.2, 0) is 15.3 Å². The highest BCUT2D eigenvalue weighted by Crippen LogP contribution is 2.39. The van der Waals surface area contributed by atoms with Crippen LogP contribution < -0.4 is 0 Å². The molecule has 0 bridgehead atoms. The Morgan fingerprint density at radius 2 is 1.32 bits per heavy atom. The molecule has 2 aliphatic heterocycles. The van der Waals surface area contributed by atoms with Crippen molar-refractivity contribution in [2.45, 2.75) is 31.5 Å². The SMILES string of the molecule is Cl.Fc1ccc(C2(CCCN3CCC(=C4c5ccccc5C=Cc5ccccc54)CC3)OCCO2)cc1. The molecule has 2 fully saturated rings. The zero-order chi connectivity index (χ0) is 24.4. The van der Waals surface area contributed by atoms with Crippen LogP contribution >= 0.6 is 12.4 Å². The molecule has 192 valence electrons. The van der Waals surface area contributed by atoms with Crippen molar-refractivity contribution in [3.05, 3.63) is 112 Å². The molecule has 0 radical (unpaired) electrons. The van der Waals surface area contributed by atoms with E-state index in [-0.39, 0.29) is 18.2 Å². The molecule has 0 saturated carbocycles. The van der Waals surface area contributed by atoms with E-state index in [2.05, 4.69) is 65.6 Å². The predicted molar refractivity (Wildman–Crippen MR) is 150 cm³/mol. The quantitative estimate of drug-likeness (QED) is 0.277. The second-order valence-corrected chi connectivity index (χ2v) is 9.89. The highest BCUT2D eigenvalue weighted by molar-refractivity contribution is 5.94. The van der Waals surface area contributed by atoms with E-state index in [9.17, 15) is 4.39 Å². The predicted octanol–water partition coefficient (Wildman–Crippen LogP) is 7.31. The Kier molecular flexibility index (Phi) is 7.92. The normalized spacial score (nSPS) is 18.6. The Balaban J connectivity index is 0.00000280. The fourth-order valence-corrected chi connectivity index (χ4v) is 5.89. The maximum absolute atomic E-state index is 13.5. The molecule has 37 heavy (non-hydrogen) atoms. The van der Waals surface area contributed by atoms with E-state index in [0.29, 0.717) is 13.2 Å². The van der Waals surface area contributed by atoms with E-state index in [1.807, 2.05) is 0 Å². The lowest BCUT2D eigenvalue weighted by atomic mass is 9.86. The highest BCUT2D eigenvalue weighted by Gasteiger charge is 2.38. The summed E-state index contributed by atoms with van der Waals surface area (Å²) >= 11 is 0. The zero-order valence-electron chi connectivity index (χ0n) is 21.0. The molecule has 1 aliphatic carbocycles. The van der Waals surface area contributed by atoms with Crippen molar-refractivity contribution >= 4 is 30.1 Å². The molecular weight excluding hydrogens is 485 g/mol. The van der Waals surface area contributed by atoms with Gasteiger partial charge in [0, 0.05) is 25.1 Å². The van der Waals surface area contributed by atoms with Gasteiger partial charge in [-0.3, -0.25) is 0 Å². The third-order valence-corrected chi connectivity index (χ3v) is 7.73. The lowest BCUT2D eigenvalue weighted by molar-refractivity contribution is -0.172. The Hall–Kier alpha value is -2.76. The zero-order valence-corrected chi connectivity index (χ0v) is 21.8. The monoisotopic (exact) mass is 517 g/mol. The fourth-order valence-electron chi connectivity index (χ4n) is 5.89. The van der Waals surface area contributed by atoms with Gasteiger partial charge in [0.2, 0.25) is 0 Å². The van der Waals surface area contributed by atoms with Crippen LogP contribution in [0, 0.1) is 5.82 Å². The maximum Gasteiger partial charge on any atom is 0.195 e. The number of hydrogen-bond donors (Lipinski definition) is 0. The lowest BCUT2D eigenvalue weighted by Gasteiger charge is -2.32. The Morgan fingerprint density at radius 1 is 0.757 bits per heavy atom. The molecule has 6 rings (SSSR count). The molecule has 2 saturated heterocycles. The largest absolute Gasteiger partial charge is 0.343 e. The minimum Gasteiger partial charge on any atom is -0.343 e. The van der Waals surface area contributed by atoms with Crippen LogP contribution in [0.15, 0.2) is 78.4 Å². The standard InChI is InChI=1S/C32H32FNO2.ClH/c33-28-14-12-27(13-15-28)32(35-22-23-36-32)18-5-19-34-20-16-26(17-21-34)31-29-8-3-1-6-24(29)10-11-25-7-2-4-9-30(25)31;/h1-4,6-15H,5,16-23H2;1H. The van der Waals surface area contributed by atoms with Crippen LogP contribution in [0.3, 0.4) is 0 Å². The van der Waals surface area contributed by atoms with Crippen molar-refractivity contribution in [1.82, 2.24) is 4.90 Å². The summed E-state index contributed by atoms with van der Waals surface area (Å²) in [6.45, 7) is 4.28. The van der Waals surface area contributed by atoms with Crippen LogP contribution in [0.5, 0.6) is 0 Å². The number of ether oxygens (including phenoxy) is 2.